The smallest absolute Gasteiger partial charge is 0.221 e. The molecule has 160 valence electrons. The third kappa shape index (κ3) is 5.17. The van der Waals surface area contributed by atoms with Gasteiger partial charge in [-0.3, -0.25) is 9.69 Å². The van der Waals surface area contributed by atoms with Gasteiger partial charge in [-0.05, 0) is 24.3 Å². The molecule has 9 heteroatoms. The van der Waals surface area contributed by atoms with Crippen molar-refractivity contribution in [2.45, 2.75) is 6.92 Å². The maximum Gasteiger partial charge on any atom is 0.221 e. The molecule has 1 amide bonds. The van der Waals surface area contributed by atoms with Gasteiger partial charge in [0.2, 0.25) is 23.3 Å². The lowest BCUT2D eigenvalue weighted by Gasteiger charge is -2.25. The number of anilines is 1. The summed E-state index contributed by atoms with van der Waals surface area (Å²) >= 11 is 0. The highest BCUT2D eigenvalue weighted by Gasteiger charge is 2.26. The van der Waals surface area contributed by atoms with Gasteiger partial charge < -0.3 is 14.8 Å². The first kappa shape index (κ1) is 21.8. The number of nitrogens with one attached hydrogen (secondary N) is 1. The number of carbonyl (C=O) groups excluding carboxylic acids is 1. The highest BCUT2D eigenvalue weighted by atomic mass is 19.2. The molecule has 30 heavy (non-hydrogen) atoms. The Morgan fingerprint density at radius 2 is 1.67 bits per heavy atom. The molecule has 1 saturated heterocycles. The molecule has 2 aromatic rings. The van der Waals surface area contributed by atoms with Crippen molar-refractivity contribution in [1.29, 1.82) is 0 Å². The molecule has 2 aromatic carbocycles. The van der Waals surface area contributed by atoms with Crippen LogP contribution in [0.2, 0.25) is 0 Å². The van der Waals surface area contributed by atoms with Crippen molar-refractivity contribution in [3.63, 3.8) is 0 Å². The van der Waals surface area contributed by atoms with Gasteiger partial charge in [0, 0.05) is 32.2 Å². The largest absolute Gasteiger partial charge is 0.451 e. The van der Waals surface area contributed by atoms with E-state index >= 15 is 0 Å². The van der Waals surface area contributed by atoms with Gasteiger partial charge >= 0.3 is 0 Å². The van der Waals surface area contributed by atoms with E-state index < -0.39 is 34.6 Å². The average molecular weight is 424 g/mol. The zero-order valence-corrected chi connectivity index (χ0v) is 16.2. The summed E-state index contributed by atoms with van der Waals surface area (Å²) in [4.78, 5) is 13.0. The number of rotatable bonds is 6. The van der Waals surface area contributed by atoms with E-state index in [0.717, 1.165) is 6.08 Å². The number of halogens is 4. The van der Waals surface area contributed by atoms with Crippen molar-refractivity contribution in [3.8, 4) is 11.5 Å². The molecule has 0 atom stereocenters. The quantitative estimate of drug-likeness (QED) is 0.554. The Kier molecular flexibility index (Phi) is 7.07. The maximum atomic E-state index is 14.4. The van der Waals surface area contributed by atoms with Gasteiger partial charge in [-0.15, -0.1) is 0 Å². The van der Waals surface area contributed by atoms with Gasteiger partial charge in [-0.1, -0.05) is 12.2 Å². The second-order valence-electron chi connectivity index (χ2n) is 6.62. The van der Waals surface area contributed by atoms with E-state index in [4.69, 9.17) is 9.47 Å². The summed E-state index contributed by atoms with van der Waals surface area (Å²) in [5.41, 5.74) is -0.388. The van der Waals surface area contributed by atoms with Crippen molar-refractivity contribution >= 4 is 17.7 Å². The first-order valence-electron chi connectivity index (χ1n) is 9.25. The highest BCUT2D eigenvalue weighted by Crippen LogP contribution is 2.34. The van der Waals surface area contributed by atoms with Crippen LogP contribution in [0.3, 0.4) is 0 Å². The lowest BCUT2D eigenvalue weighted by molar-refractivity contribution is -0.114. The molecule has 1 heterocycles. The summed E-state index contributed by atoms with van der Waals surface area (Å²) in [6, 6.07) is 5.44. The minimum Gasteiger partial charge on any atom is -0.451 e. The molecule has 1 N–H and O–H groups in total. The van der Waals surface area contributed by atoms with Gasteiger partial charge in [0.15, 0.2) is 11.6 Å². The molecule has 0 unspecified atom stereocenters. The molecule has 1 fully saturated rings. The van der Waals surface area contributed by atoms with Gasteiger partial charge in [0.25, 0.3) is 0 Å². The normalized spacial score (nSPS) is 14.8. The lowest BCUT2D eigenvalue weighted by atomic mass is 10.1. The number of nitrogens with zero attached hydrogens (tertiary/aromatic N) is 1. The predicted molar refractivity (Wildman–Crippen MR) is 103 cm³/mol. The number of amides is 1. The highest BCUT2D eigenvalue weighted by molar-refractivity contribution is 5.88. The van der Waals surface area contributed by atoms with Gasteiger partial charge in [0.05, 0.1) is 18.8 Å². The molecule has 0 bridgehead atoms. The SMILES string of the molecule is CC(=O)Nc1ccc(Oc2c(F)c(F)c(C=CCN3CCOCC3)c(F)c2F)cc1. The van der Waals surface area contributed by atoms with Gasteiger partial charge in [-0.25, -0.2) is 8.78 Å². The fraction of sp³-hybridized carbons (Fsp3) is 0.286. The summed E-state index contributed by atoms with van der Waals surface area (Å²) in [6.07, 6.45) is 2.45. The van der Waals surface area contributed by atoms with Crippen LogP contribution in [-0.4, -0.2) is 43.7 Å². The maximum absolute atomic E-state index is 14.4. The van der Waals surface area contributed by atoms with Gasteiger partial charge in [-0.2, -0.15) is 8.78 Å². The lowest BCUT2D eigenvalue weighted by Crippen LogP contribution is -2.36. The summed E-state index contributed by atoms with van der Waals surface area (Å²) < 4.78 is 67.8. The number of carbonyl (C=O) groups is 1. The molecule has 3 rings (SSSR count). The third-order valence-corrected chi connectivity index (χ3v) is 4.40. The molecular formula is C21H20F4N2O3. The average Bonchev–Trinajstić information content (AvgIpc) is 2.74. The molecular weight excluding hydrogens is 404 g/mol. The molecule has 0 aromatic heterocycles. The van der Waals surface area contributed by atoms with Crippen LogP contribution in [0.1, 0.15) is 12.5 Å². The van der Waals surface area contributed by atoms with Crippen molar-refractivity contribution in [3.05, 3.63) is 59.2 Å². The summed E-state index contributed by atoms with van der Waals surface area (Å²) in [5.74, 6) is -7.90. The van der Waals surface area contributed by atoms with Crippen LogP contribution in [-0.2, 0) is 9.53 Å². The van der Waals surface area contributed by atoms with E-state index in [0.29, 0.717) is 38.5 Å². The Hall–Kier alpha value is -2.91. The molecule has 5 nitrogen and oxygen atoms in total. The first-order chi connectivity index (χ1) is 14.4. The van der Waals surface area contributed by atoms with Crippen LogP contribution >= 0.6 is 0 Å². The van der Waals surface area contributed by atoms with E-state index in [9.17, 15) is 22.4 Å². The summed E-state index contributed by atoms with van der Waals surface area (Å²) in [6.45, 7) is 4.11. The number of hydrogen-bond donors (Lipinski definition) is 1. The first-order valence-corrected chi connectivity index (χ1v) is 9.25. The van der Waals surface area contributed by atoms with Crippen LogP contribution in [0.5, 0.6) is 11.5 Å². The Balaban J connectivity index is 1.79. The number of hydrogen-bond acceptors (Lipinski definition) is 4. The minimum absolute atomic E-state index is 0.0590. The Morgan fingerprint density at radius 3 is 2.23 bits per heavy atom. The Morgan fingerprint density at radius 1 is 1.07 bits per heavy atom. The zero-order chi connectivity index (χ0) is 21.7. The molecule has 1 aliphatic rings. The topological polar surface area (TPSA) is 50.8 Å². The number of morpholine rings is 1. The fourth-order valence-electron chi connectivity index (χ4n) is 2.90. The molecule has 1 aliphatic heterocycles. The molecule has 0 spiro atoms. The fourth-order valence-corrected chi connectivity index (χ4v) is 2.90. The predicted octanol–water partition coefficient (Wildman–Crippen LogP) is 4.34. The molecule has 0 aliphatic carbocycles. The number of ether oxygens (including phenoxy) is 2. The monoisotopic (exact) mass is 424 g/mol. The summed E-state index contributed by atoms with van der Waals surface area (Å²) in [5, 5.41) is 2.51. The standard InChI is InChI=1S/C21H20F4N2O3/c1-13(28)26-14-4-6-15(7-5-14)30-21-19(24)17(22)16(18(23)20(21)25)3-2-8-27-9-11-29-12-10-27/h2-7H,8-12H2,1H3,(H,26,28). The van der Waals surface area contributed by atoms with Crippen molar-refractivity contribution in [1.82, 2.24) is 4.90 Å². The van der Waals surface area contributed by atoms with Crippen LogP contribution in [0.25, 0.3) is 6.08 Å². The van der Waals surface area contributed by atoms with E-state index in [1.165, 1.54) is 37.3 Å². The minimum atomic E-state index is -1.63. The van der Waals surface area contributed by atoms with E-state index in [1.807, 2.05) is 4.90 Å². The van der Waals surface area contributed by atoms with Crippen LogP contribution in [0.15, 0.2) is 30.3 Å². The summed E-state index contributed by atoms with van der Waals surface area (Å²) in [7, 11) is 0. The zero-order valence-electron chi connectivity index (χ0n) is 16.2. The second kappa shape index (κ2) is 9.73. The van der Waals surface area contributed by atoms with E-state index in [2.05, 4.69) is 5.32 Å². The van der Waals surface area contributed by atoms with Crippen LogP contribution < -0.4 is 10.1 Å². The third-order valence-electron chi connectivity index (χ3n) is 4.40. The second-order valence-corrected chi connectivity index (χ2v) is 6.62. The molecule has 0 radical (unpaired) electrons. The van der Waals surface area contributed by atoms with Crippen LogP contribution in [0.4, 0.5) is 23.2 Å². The van der Waals surface area contributed by atoms with Crippen molar-refractivity contribution in [2.75, 3.05) is 38.2 Å². The molecule has 0 saturated carbocycles. The number of benzene rings is 2. The van der Waals surface area contributed by atoms with E-state index in [1.54, 1.807) is 0 Å². The Bertz CT molecular complexity index is 913. The van der Waals surface area contributed by atoms with Crippen molar-refractivity contribution < 1.29 is 31.8 Å². The van der Waals surface area contributed by atoms with E-state index in [-0.39, 0.29) is 11.7 Å². The van der Waals surface area contributed by atoms with Crippen LogP contribution in [0, 0.1) is 23.3 Å². The van der Waals surface area contributed by atoms with Crippen molar-refractivity contribution in [2.24, 2.45) is 0 Å². The van der Waals surface area contributed by atoms with Gasteiger partial charge in [0.1, 0.15) is 5.75 Å². The Labute approximate surface area is 170 Å².